The van der Waals surface area contributed by atoms with Crippen molar-refractivity contribution in [2.24, 2.45) is 0 Å². The van der Waals surface area contributed by atoms with Crippen LogP contribution in [0, 0.1) is 5.82 Å². The molecule has 0 bridgehead atoms. The molecule has 1 N–H and O–H groups in total. The first kappa shape index (κ1) is 18.1. The number of H-pyrrole nitrogens is 1. The highest BCUT2D eigenvalue weighted by atomic mass is 19.1. The van der Waals surface area contributed by atoms with Crippen LogP contribution in [0.4, 0.5) is 10.2 Å². The molecule has 8 heteroatoms. The van der Waals surface area contributed by atoms with E-state index < -0.39 is 0 Å². The molecule has 0 radical (unpaired) electrons. The minimum atomic E-state index is -0.222. The number of halogens is 1. The Kier molecular flexibility index (Phi) is 4.63. The fourth-order valence-electron chi connectivity index (χ4n) is 4.32. The normalized spacial score (nSPS) is 17.6. The van der Waals surface area contributed by atoms with Crippen LogP contribution in [-0.2, 0) is 17.8 Å². The second kappa shape index (κ2) is 7.44. The lowest BCUT2D eigenvalue weighted by atomic mass is 10.0. The van der Waals surface area contributed by atoms with Crippen LogP contribution in [0.15, 0.2) is 36.8 Å². The number of nitrogens with one attached hydrogen (secondary N) is 1. The van der Waals surface area contributed by atoms with Gasteiger partial charge in [-0.05, 0) is 11.6 Å². The minimum Gasteiger partial charge on any atom is -0.356 e. The number of amides is 1. The molecule has 3 aromatic rings. The number of aromatic nitrogens is 3. The minimum absolute atomic E-state index is 0.151. The van der Waals surface area contributed by atoms with Gasteiger partial charge in [0.25, 0.3) is 0 Å². The van der Waals surface area contributed by atoms with Crippen LogP contribution in [0.2, 0.25) is 0 Å². The second-order valence-corrected chi connectivity index (χ2v) is 7.64. The van der Waals surface area contributed by atoms with E-state index in [0.717, 1.165) is 48.5 Å². The van der Waals surface area contributed by atoms with Gasteiger partial charge in [-0.25, -0.2) is 9.37 Å². The van der Waals surface area contributed by atoms with Gasteiger partial charge < -0.3 is 14.8 Å². The van der Waals surface area contributed by atoms with E-state index in [1.165, 1.54) is 6.07 Å². The molecule has 1 saturated heterocycles. The summed E-state index contributed by atoms with van der Waals surface area (Å²) in [5.41, 5.74) is 2.78. The molecule has 7 nitrogen and oxygen atoms in total. The van der Waals surface area contributed by atoms with Gasteiger partial charge in [0, 0.05) is 69.2 Å². The maximum atomic E-state index is 14.1. The predicted molar refractivity (Wildman–Crippen MR) is 108 cm³/mol. The molecule has 2 aliphatic rings. The monoisotopic (exact) mass is 394 g/mol. The molecule has 0 saturated carbocycles. The van der Waals surface area contributed by atoms with Gasteiger partial charge in [-0.3, -0.25) is 14.7 Å². The lowest BCUT2D eigenvalue weighted by Crippen LogP contribution is -2.51. The second-order valence-electron chi connectivity index (χ2n) is 7.64. The molecule has 150 valence electrons. The average Bonchev–Trinajstić information content (AvgIpc) is 3.14. The van der Waals surface area contributed by atoms with E-state index in [4.69, 9.17) is 0 Å². The Morgan fingerprint density at radius 2 is 2.00 bits per heavy atom. The molecule has 29 heavy (non-hydrogen) atoms. The third-order valence-corrected chi connectivity index (χ3v) is 5.90. The quantitative estimate of drug-likeness (QED) is 0.734. The number of nitrogens with zero attached hydrogens (tertiary/aromatic N) is 5. The van der Waals surface area contributed by atoms with Gasteiger partial charge in [0.05, 0.1) is 18.3 Å². The first-order chi connectivity index (χ1) is 14.2. The Bertz CT molecular complexity index is 1030. The van der Waals surface area contributed by atoms with Crippen molar-refractivity contribution in [2.75, 3.05) is 44.2 Å². The molecule has 0 spiro atoms. The van der Waals surface area contributed by atoms with E-state index >= 15 is 0 Å². The summed E-state index contributed by atoms with van der Waals surface area (Å²) in [5, 5.41) is 0.926. The van der Waals surface area contributed by atoms with Crippen molar-refractivity contribution in [3.63, 3.8) is 0 Å². The smallest absolute Gasteiger partial charge is 0.236 e. The van der Waals surface area contributed by atoms with Crippen LogP contribution >= 0.6 is 0 Å². The van der Waals surface area contributed by atoms with Crippen molar-refractivity contribution >= 4 is 22.6 Å². The number of hydrogen-bond donors (Lipinski definition) is 1. The number of benzene rings is 1. The molecule has 5 rings (SSSR count). The summed E-state index contributed by atoms with van der Waals surface area (Å²) < 4.78 is 14.1. The SMILES string of the molecule is O=C(CN1CCc2[nH]c3c(F)cccc3c2C1)N1CCN(c2cnccn2)CC1. The zero-order chi connectivity index (χ0) is 19.8. The topological polar surface area (TPSA) is 68.4 Å². The molecule has 4 heterocycles. The number of hydrogen-bond acceptors (Lipinski definition) is 5. The summed E-state index contributed by atoms with van der Waals surface area (Å²) in [6, 6.07) is 5.17. The molecule has 0 atom stereocenters. The number of piperazine rings is 1. The fraction of sp³-hybridized carbons (Fsp3) is 0.381. The maximum absolute atomic E-state index is 14.1. The van der Waals surface area contributed by atoms with Crippen LogP contribution in [-0.4, -0.2) is 69.9 Å². The number of rotatable bonds is 3. The summed E-state index contributed by atoms with van der Waals surface area (Å²) in [4.78, 5) is 30.8. The average molecular weight is 394 g/mol. The number of anilines is 1. The van der Waals surface area contributed by atoms with E-state index in [9.17, 15) is 9.18 Å². The van der Waals surface area contributed by atoms with Gasteiger partial charge >= 0.3 is 0 Å². The first-order valence-corrected chi connectivity index (χ1v) is 9.98. The summed E-state index contributed by atoms with van der Waals surface area (Å²) in [6.45, 7) is 4.76. The van der Waals surface area contributed by atoms with Crippen molar-refractivity contribution in [2.45, 2.75) is 13.0 Å². The van der Waals surface area contributed by atoms with E-state index in [-0.39, 0.29) is 11.7 Å². The lowest BCUT2D eigenvalue weighted by molar-refractivity contribution is -0.132. The zero-order valence-electron chi connectivity index (χ0n) is 16.1. The van der Waals surface area contributed by atoms with Crippen molar-refractivity contribution in [1.29, 1.82) is 0 Å². The van der Waals surface area contributed by atoms with E-state index in [1.54, 1.807) is 24.7 Å². The lowest BCUT2D eigenvalue weighted by Gasteiger charge is -2.36. The number of carbonyl (C=O) groups is 1. The Balaban J connectivity index is 1.21. The van der Waals surface area contributed by atoms with Gasteiger partial charge in [-0.15, -0.1) is 0 Å². The maximum Gasteiger partial charge on any atom is 0.236 e. The highest BCUT2D eigenvalue weighted by Gasteiger charge is 2.26. The van der Waals surface area contributed by atoms with E-state index in [0.29, 0.717) is 31.7 Å². The summed E-state index contributed by atoms with van der Waals surface area (Å²) >= 11 is 0. The van der Waals surface area contributed by atoms with Gasteiger partial charge in [0.2, 0.25) is 5.91 Å². The number of carbonyl (C=O) groups excluding carboxylic acids is 1. The Labute approximate surface area is 168 Å². The highest BCUT2D eigenvalue weighted by Crippen LogP contribution is 2.29. The number of aromatic amines is 1. The number of fused-ring (bicyclic) bond motifs is 3. The Morgan fingerprint density at radius 1 is 1.14 bits per heavy atom. The first-order valence-electron chi connectivity index (χ1n) is 9.98. The standard InChI is InChI=1S/C21H23FN6O/c22-17-3-1-2-15-16-13-26(7-4-18(16)25-21(15)17)14-20(29)28-10-8-27(9-11-28)19-12-23-5-6-24-19/h1-3,5-6,12,25H,4,7-11,13-14H2. The highest BCUT2D eigenvalue weighted by molar-refractivity contribution is 5.85. The predicted octanol–water partition coefficient (Wildman–Crippen LogP) is 1.80. The Hall–Kier alpha value is -3.00. The molecule has 0 aliphatic carbocycles. The molecule has 1 aromatic carbocycles. The van der Waals surface area contributed by atoms with Crippen molar-refractivity contribution in [3.05, 3.63) is 53.9 Å². The summed E-state index contributed by atoms with van der Waals surface area (Å²) in [5.74, 6) is 0.786. The summed E-state index contributed by atoms with van der Waals surface area (Å²) in [7, 11) is 0. The van der Waals surface area contributed by atoms with E-state index in [2.05, 4.69) is 24.8 Å². The van der Waals surface area contributed by atoms with Crippen molar-refractivity contribution < 1.29 is 9.18 Å². The third kappa shape index (κ3) is 3.44. The van der Waals surface area contributed by atoms with Gasteiger partial charge in [-0.2, -0.15) is 0 Å². The molecular weight excluding hydrogens is 371 g/mol. The molecule has 2 aromatic heterocycles. The molecule has 1 fully saturated rings. The van der Waals surface area contributed by atoms with E-state index in [1.807, 2.05) is 11.0 Å². The summed E-state index contributed by atoms with van der Waals surface area (Å²) in [6.07, 6.45) is 5.91. The van der Waals surface area contributed by atoms with Crippen molar-refractivity contribution in [1.82, 2.24) is 24.8 Å². The third-order valence-electron chi connectivity index (χ3n) is 5.90. The van der Waals surface area contributed by atoms with Crippen LogP contribution in [0.3, 0.4) is 0 Å². The van der Waals surface area contributed by atoms with Crippen LogP contribution in [0.1, 0.15) is 11.3 Å². The van der Waals surface area contributed by atoms with Crippen LogP contribution in [0.25, 0.3) is 10.9 Å². The molecular formula is C21H23FN6O. The molecule has 1 amide bonds. The molecule has 2 aliphatic heterocycles. The van der Waals surface area contributed by atoms with Gasteiger partial charge in [0.15, 0.2) is 0 Å². The fourth-order valence-corrected chi connectivity index (χ4v) is 4.32. The van der Waals surface area contributed by atoms with Crippen LogP contribution in [0.5, 0.6) is 0 Å². The van der Waals surface area contributed by atoms with Gasteiger partial charge in [0.1, 0.15) is 11.6 Å². The largest absolute Gasteiger partial charge is 0.356 e. The van der Waals surface area contributed by atoms with Crippen molar-refractivity contribution in [3.8, 4) is 0 Å². The zero-order valence-corrected chi connectivity index (χ0v) is 16.1. The van der Waals surface area contributed by atoms with Gasteiger partial charge in [-0.1, -0.05) is 12.1 Å². The van der Waals surface area contributed by atoms with Crippen LogP contribution < -0.4 is 4.90 Å². The molecule has 0 unspecified atom stereocenters. The number of para-hydroxylation sites is 1. The Morgan fingerprint density at radius 3 is 2.79 bits per heavy atom.